The van der Waals surface area contributed by atoms with Gasteiger partial charge in [-0.25, -0.2) is 0 Å². The quantitative estimate of drug-likeness (QED) is 0.669. The molecule has 0 aliphatic carbocycles. The van der Waals surface area contributed by atoms with Gasteiger partial charge in [-0.3, -0.25) is 4.79 Å². The van der Waals surface area contributed by atoms with E-state index in [1.807, 2.05) is 19.1 Å². The van der Waals surface area contributed by atoms with Crippen LogP contribution in [0.4, 0.5) is 0 Å². The Morgan fingerprint density at radius 3 is 2.64 bits per heavy atom. The van der Waals surface area contributed by atoms with Gasteiger partial charge in [0.15, 0.2) is 6.10 Å². The van der Waals surface area contributed by atoms with Gasteiger partial charge < -0.3 is 10.1 Å². The van der Waals surface area contributed by atoms with Gasteiger partial charge >= 0.3 is 0 Å². The Balaban J connectivity index is 2.50. The first kappa shape index (κ1) is 18.8. The largest absolute Gasteiger partial charge is 0.481 e. The molecule has 1 aromatic rings. The summed E-state index contributed by atoms with van der Waals surface area (Å²) in [6.07, 6.45) is 4.82. The summed E-state index contributed by atoms with van der Waals surface area (Å²) >= 11 is 5.94. The van der Waals surface area contributed by atoms with E-state index in [1.165, 1.54) is 19.3 Å². The molecule has 1 amide bonds. The maximum atomic E-state index is 12.3. The maximum Gasteiger partial charge on any atom is 0.261 e. The van der Waals surface area contributed by atoms with E-state index in [0.717, 1.165) is 13.0 Å². The van der Waals surface area contributed by atoms with Crippen LogP contribution in [-0.4, -0.2) is 18.6 Å². The summed E-state index contributed by atoms with van der Waals surface area (Å²) in [5, 5.41) is 3.64. The Morgan fingerprint density at radius 2 is 2.05 bits per heavy atom. The van der Waals surface area contributed by atoms with Gasteiger partial charge in [0.25, 0.3) is 5.91 Å². The average molecular weight is 326 g/mol. The van der Waals surface area contributed by atoms with Crippen molar-refractivity contribution in [3.05, 3.63) is 29.3 Å². The number of hydrogen-bond donors (Lipinski definition) is 1. The molecule has 1 aromatic carbocycles. The molecule has 1 rings (SSSR count). The summed E-state index contributed by atoms with van der Waals surface area (Å²) in [7, 11) is 0. The number of amides is 1. The van der Waals surface area contributed by atoms with Crippen LogP contribution < -0.4 is 10.1 Å². The van der Waals surface area contributed by atoms with E-state index in [-0.39, 0.29) is 5.91 Å². The second kappa shape index (κ2) is 10.5. The number of halogens is 1. The molecule has 0 saturated heterocycles. The summed E-state index contributed by atoms with van der Waals surface area (Å²) in [6, 6.07) is 7.15. The highest BCUT2D eigenvalue weighted by Gasteiger charge is 2.19. The monoisotopic (exact) mass is 325 g/mol. The normalized spacial score (nSPS) is 13.5. The standard InChI is InChI=1S/C18H28ClNO2/c1-4-7-9-14(5-2)13-20-18(21)17(6-3)22-16-11-8-10-15(19)12-16/h8,10-12,14,17H,4-7,9,13H2,1-3H3,(H,20,21)/t14-,17+/m1/s1. The van der Waals surface area contributed by atoms with Crippen LogP contribution >= 0.6 is 11.6 Å². The van der Waals surface area contributed by atoms with E-state index in [4.69, 9.17) is 16.3 Å². The van der Waals surface area contributed by atoms with Crippen molar-refractivity contribution >= 4 is 17.5 Å². The van der Waals surface area contributed by atoms with Crippen LogP contribution in [0.1, 0.15) is 52.9 Å². The van der Waals surface area contributed by atoms with Gasteiger partial charge in [0, 0.05) is 11.6 Å². The van der Waals surface area contributed by atoms with Crippen molar-refractivity contribution in [1.82, 2.24) is 5.32 Å². The fourth-order valence-electron chi connectivity index (χ4n) is 2.33. The van der Waals surface area contributed by atoms with Gasteiger partial charge in [-0.15, -0.1) is 0 Å². The van der Waals surface area contributed by atoms with E-state index in [2.05, 4.69) is 19.2 Å². The number of carbonyl (C=O) groups excluding carboxylic acids is 1. The number of nitrogens with one attached hydrogen (secondary N) is 1. The van der Waals surface area contributed by atoms with Gasteiger partial charge in [0.05, 0.1) is 0 Å². The molecule has 0 unspecified atom stereocenters. The number of rotatable bonds is 10. The van der Waals surface area contributed by atoms with Crippen LogP contribution in [0.5, 0.6) is 5.75 Å². The maximum absolute atomic E-state index is 12.3. The molecule has 0 aromatic heterocycles. The Morgan fingerprint density at radius 1 is 1.27 bits per heavy atom. The minimum atomic E-state index is -0.470. The number of benzene rings is 1. The molecule has 4 heteroatoms. The number of carbonyl (C=O) groups is 1. The summed E-state index contributed by atoms with van der Waals surface area (Å²) in [5.74, 6) is 1.14. The topological polar surface area (TPSA) is 38.3 Å². The zero-order valence-corrected chi connectivity index (χ0v) is 14.7. The number of ether oxygens (including phenoxy) is 1. The third-order valence-corrected chi connectivity index (χ3v) is 4.08. The average Bonchev–Trinajstić information content (AvgIpc) is 2.52. The molecule has 0 radical (unpaired) electrons. The van der Waals surface area contributed by atoms with E-state index in [9.17, 15) is 4.79 Å². The van der Waals surface area contributed by atoms with E-state index in [0.29, 0.717) is 23.1 Å². The molecular formula is C18H28ClNO2. The number of hydrogen-bond acceptors (Lipinski definition) is 2. The fourth-order valence-corrected chi connectivity index (χ4v) is 2.51. The van der Waals surface area contributed by atoms with Gasteiger partial charge in [-0.2, -0.15) is 0 Å². The zero-order chi connectivity index (χ0) is 16.4. The third kappa shape index (κ3) is 6.69. The van der Waals surface area contributed by atoms with Gasteiger partial charge in [0.2, 0.25) is 0 Å². The van der Waals surface area contributed by atoms with E-state index in [1.54, 1.807) is 12.1 Å². The Labute approximate surface area is 139 Å². The van der Waals surface area contributed by atoms with Crippen molar-refractivity contribution in [2.75, 3.05) is 6.54 Å². The molecule has 22 heavy (non-hydrogen) atoms. The van der Waals surface area contributed by atoms with E-state index >= 15 is 0 Å². The van der Waals surface area contributed by atoms with Crippen LogP contribution in [0.15, 0.2) is 24.3 Å². The Bertz CT molecular complexity index is 450. The lowest BCUT2D eigenvalue weighted by Gasteiger charge is -2.20. The smallest absolute Gasteiger partial charge is 0.261 e. The van der Waals surface area contributed by atoms with Crippen LogP contribution in [0.3, 0.4) is 0 Å². The minimum absolute atomic E-state index is 0.0441. The zero-order valence-electron chi connectivity index (χ0n) is 13.9. The molecular weight excluding hydrogens is 298 g/mol. The molecule has 3 nitrogen and oxygen atoms in total. The highest BCUT2D eigenvalue weighted by Crippen LogP contribution is 2.19. The van der Waals surface area contributed by atoms with Crippen molar-refractivity contribution in [2.45, 2.75) is 59.0 Å². The highest BCUT2D eigenvalue weighted by atomic mass is 35.5. The number of unbranched alkanes of at least 4 members (excludes halogenated alkanes) is 1. The molecule has 0 aliphatic heterocycles. The molecule has 0 aliphatic rings. The fraction of sp³-hybridized carbons (Fsp3) is 0.611. The van der Waals surface area contributed by atoms with Crippen LogP contribution in [-0.2, 0) is 4.79 Å². The van der Waals surface area contributed by atoms with Gasteiger partial charge in [-0.1, -0.05) is 57.7 Å². The first-order valence-electron chi connectivity index (χ1n) is 8.30. The molecule has 124 valence electrons. The lowest BCUT2D eigenvalue weighted by Crippen LogP contribution is -2.40. The van der Waals surface area contributed by atoms with Crippen molar-refractivity contribution < 1.29 is 9.53 Å². The Hall–Kier alpha value is -1.22. The van der Waals surface area contributed by atoms with E-state index < -0.39 is 6.10 Å². The molecule has 0 saturated carbocycles. The van der Waals surface area contributed by atoms with Gasteiger partial charge in [0.1, 0.15) is 5.75 Å². The summed E-state index contributed by atoms with van der Waals surface area (Å²) in [4.78, 5) is 12.3. The lowest BCUT2D eigenvalue weighted by molar-refractivity contribution is -0.128. The van der Waals surface area contributed by atoms with Crippen LogP contribution in [0, 0.1) is 5.92 Å². The predicted molar refractivity (Wildman–Crippen MR) is 92.5 cm³/mol. The summed E-state index contributed by atoms with van der Waals surface area (Å²) in [5.41, 5.74) is 0. The SMILES string of the molecule is CCCC[C@@H](CC)CNC(=O)[C@H](CC)Oc1cccc(Cl)c1. The lowest BCUT2D eigenvalue weighted by atomic mass is 9.99. The molecule has 0 fully saturated rings. The molecule has 0 bridgehead atoms. The first-order chi connectivity index (χ1) is 10.6. The minimum Gasteiger partial charge on any atom is -0.481 e. The second-order valence-electron chi connectivity index (χ2n) is 5.63. The van der Waals surface area contributed by atoms with Crippen LogP contribution in [0.2, 0.25) is 5.02 Å². The predicted octanol–water partition coefficient (Wildman–Crippen LogP) is 4.83. The molecule has 0 spiro atoms. The first-order valence-corrected chi connectivity index (χ1v) is 8.68. The Kier molecular flexibility index (Phi) is 8.98. The third-order valence-electron chi connectivity index (χ3n) is 3.85. The molecule has 2 atom stereocenters. The van der Waals surface area contributed by atoms with Gasteiger partial charge in [-0.05, 0) is 37.0 Å². The van der Waals surface area contributed by atoms with Crippen molar-refractivity contribution in [3.8, 4) is 5.75 Å². The van der Waals surface area contributed by atoms with Crippen molar-refractivity contribution in [3.63, 3.8) is 0 Å². The highest BCUT2D eigenvalue weighted by molar-refractivity contribution is 6.30. The summed E-state index contributed by atoms with van der Waals surface area (Å²) in [6.45, 7) is 7.04. The van der Waals surface area contributed by atoms with Crippen molar-refractivity contribution in [2.24, 2.45) is 5.92 Å². The van der Waals surface area contributed by atoms with Crippen molar-refractivity contribution in [1.29, 1.82) is 0 Å². The second-order valence-corrected chi connectivity index (χ2v) is 6.07. The summed E-state index contributed by atoms with van der Waals surface area (Å²) < 4.78 is 5.76. The van der Waals surface area contributed by atoms with Crippen LogP contribution in [0.25, 0.3) is 0 Å². The molecule has 0 heterocycles. The molecule has 1 N–H and O–H groups in total.